The lowest BCUT2D eigenvalue weighted by Crippen LogP contribution is -2.71. The van der Waals surface area contributed by atoms with E-state index in [4.69, 9.17) is 4.74 Å². The van der Waals surface area contributed by atoms with Crippen molar-refractivity contribution < 1.29 is 14.3 Å². The normalized spacial score (nSPS) is 46.7. The van der Waals surface area contributed by atoms with Gasteiger partial charge in [-0.15, -0.1) is 0 Å². The van der Waals surface area contributed by atoms with E-state index in [-0.39, 0.29) is 28.6 Å². The third-order valence-electron chi connectivity index (χ3n) is 6.09. The second kappa shape index (κ2) is 3.82. The largest absolute Gasteiger partial charge is 0.469 e. The number of methoxy groups -OCH3 is 1. The Kier molecular flexibility index (Phi) is 2.58. The van der Waals surface area contributed by atoms with Crippen molar-refractivity contribution in [3.05, 3.63) is 0 Å². The van der Waals surface area contributed by atoms with E-state index in [1.54, 1.807) is 0 Å². The molecule has 3 aliphatic rings. The van der Waals surface area contributed by atoms with E-state index >= 15 is 0 Å². The number of carbonyl (C=O) groups is 2. The van der Waals surface area contributed by atoms with Gasteiger partial charge < -0.3 is 4.74 Å². The Morgan fingerprint density at radius 1 is 1.28 bits per heavy atom. The maximum absolute atomic E-state index is 12.4. The van der Waals surface area contributed by atoms with E-state index in [1.807, 2.05) is 0 Å². The predicted octanol–water partition coefficient (Wildman–Crippen LogP) is 2.73. The second-order valence-electron chi connectivity index (χ2n) is 6.53. The molecule has 0 aromatic carbocycles. The highest BCUT2D eigenvalue weighted by Crippen LogP contribution is 2.73. The Bertz CT molecular complexity index is 403. The molecule has 3 nitrogen and oxygen atoms in total. The fourth-order valence-electron chi connectivity index (χ4n) is 5.40. The number of hydrogen-bond acceptors (Lipinski definition) is 3. The van der Waals surface area contributed by atoms with Gasteiger partial charge in [0.05, 0.1) is 12.5 Å². The molecule has 0 bridgehead atoms. The Morgan fingerprint density at radius 2 is 2.06 bits per heavy atom. The van der Waals surface area contributed by atoms with Gasteiger partial charge in [-0.05, 0) is 37.0 Å². The molecule has 0 saturated heterocycles. The topological polar surface area (TPSA) is 43.4 Å². The molecule has 3 saturated carbocycles. The van der Waals surface area contributed by atoms with Gasteiger partial charge in [-0.25, -0.2) is 0 Å². The van der Waals surface area contributed by atoms with E-state index in [1.165, 1.54) is 7.11 Å². The third kappa shape index (κ3) is 1.16. The van der Waals surface area contributed by atoms with E-state index in [2.05, 4.69) is 6.92 Å². The average Bonchev–Trinajstić information content (AvgIpc) is 2.36. The summed E-state index contributed by atoms with van der Waals surface area (Å²) in [7, 11) is 1.49. The molecule has 18 heavy (non-hydrogen) atoms. The van der Waals surface area contributed by atoms with Crippen LogP contribution in [0.15, 0.2) is 0 Å². The number of Topliss-reactive ketones (excluding diaryl/α,β-unsaturated/α-hetero) is 1. The highest BCUT2D eigenvalue weighted by atomic mass is 16.5. The first kappa shape index (κ1) is 12.2. The summed E-state index contributed by atoms with van der Waals surface area (Å²) in [4.78, 5) is 24.6. The minimum absolute atomic E-state index is 0.0550. The van der Waals surface area contributed by atoms with Crippen molar-refractivity contribution in [2.45, 2.75) is 51.9 Å². The van der Waals surface area contributed by atoms with Crippen LogP contribution in [0, 0.1) is 22.7 Å². The smallest absolute Gasteiger partial charge is 0.312 e. The number of ketones is 1. The highest BCUT2D eigenvalue weighted by Gasteiger charge is 2.75. The number of esters is 1. The molecule has 0 spiro atoms. The standard InChI is InChI=1S/C15H22O3/c1-14-8-5-7-11(16)12(14)10-6-3-4-9-15(10,14)13(17)18-2/h10,12H,3-9H2,1-2H3/t10-,12+,14-,15-/m0/s1. The molecule has 0 aliphatic heterocycles. The first-order valence-electron chi connectivity index (χ1n) is 7.19. The number of hydrogen-bond donors (Lipinski definition) is 0. The van der Waals surface area contributed by atoms with Crippen LogP contribution >= 0.6 is 0 Å². The van der Waals surface area contributed by atoms with Crippen molar-refractivity contribution in [1.29, 1.82) is 0 Å². The molecule has 3 aliphatic carbocycles. The van der Waals surface area contributed by atoms with Crippen LogP contribution in [0.3, 0.4) is 0 Å². The zero-order valence-electron chi connectivity index (χ0n) is 11.3. The van der Waals surface area contributed by atoms with Crippen LogP contribution < -0.4 is 0 Å². The van der Waals surface area contributed by atoms with Crippen LogP contribution in [0.5, 0.6) is 0 Å². The molecular weight excluding hydrogens is 228 g/mol. The summed E-state index contributed by atoms with van der Waals surface area (Å²) in [6.45, 7) is 2.16. The van der Waals surface area contributed by atoms with Gasteiger partial charge in [-0.1, -0.05) is 19.8 Å². The van der Waals surface area contributed by atoms with E-state index < -0.39 is 0 Å². The SMILES string of the molecule is COC(=O)[C@]12CCCC[C@H]1[C@@H]1C(=O)CCC[C@@]12C. The molecule has 0 aromatic rings. The van der Waals surface area contributed by atoms with Crippen LogP contribution in [-0.4, -0.2) is 18.9 Å². The van der Waals surface area contributed by atoms with Gasteiger partial charge >= 0.3 is 5.97 Å². The zero-order chi connectivity index (χ0) is 13.0. The van der Waals surface area contributed by atoms with Crippen LogP contribution in [0.1, 0.15) is 51.9 Å². The first-order chi connectivity index (χ1) is 8.58. The molecule has 3 heteroatoms. The lowest BCUT2D eigenvalue weighted by molar-refractivity contribution is -0.239. The van der Waals surface area contributed by atoms with Gasteiger partial charge in [-0.2, -0.15) is 0 Å². The maximum atomic E-state index is 12.4. The van der Waals surface area contributed by atoms with Crippen molar-refractivity contribution in [1.82, 2.24) is 0 Å². The van der Waals surface area contributed by atoms with Gasteiger partial charge in [0, 0.05) is 12.3 Å². The molecule has 0 aromatic heterocycles. The predicted molar refractivity (Wildman–Crippen MR) is 66.9 cm³/mol. The summed E-state index contributed by atoms with van der Waals surface area (Å²) in [5.41, 5.74) is -0.471. The molecule has 4 atom stereocenters. The minimum Gasteiger partial charge on any atom is -0.469 e. The molecule has 0 radical (unpaired) electrons. The molecular formula is C15H22O3. The summed E-state index contributed by atoms with van der Waals surface area (Å²) >= 11 is 0. The van der Waals surface area contributed by atoms with Crippen LogP contribution in [-0.2, 0) is 14.3 Å². The van der Waals surface area contributed by atoms with Crippen LogP contribution in [0.4, 0.5) is 0 Å². The van der Waals surface area contributed by atoms with Gasteiger partial charge in [0.25, 0.3) is 0 Å². The van der Waals surface area contributed by atoms with Crippen LogP contribution in [0.2, 0.25) is 0 Å². The fourth-order valence-corrected chi connectivity index (χ4v) is 5.40. The van der Waals surface area contributed by atoms with Crippen molar-refractivity contribution in [2.24, 2.45) is 22.7 Å². The Balaban J connectivity index is 2.03. The third-order valence-corrected chi connectivity index (χ3v) is 6.09. The molecule has 100 valence electrons. The maximum Gasteiger partial charge on any atom is 0.312 e. The second-order valence-corrected chi connectivity index (χ2v) is 6.53. The minimum atomic E-state index is -0.346. The van der Waals surface area contributed by atoms with E-state index in [9.17, 15) is 9.59 Å². The average molecular weight is 250 g/mol. The molecule has 0 amide bonds. The Labute approximate surface area is 108 Å². The van der Waals surface area contributed by atoms with Crippen molar-refractivity contribution in [2.75, 3.05) is 7.11 Å². The Morgan fingerprint density at radius 3 is 2.78 bits per heavy atom. The van der Waals surface area contributed by atoms with Gasteiger partial charge in [-0.3, -0.25) is 9.59 Å². The summed E-state index contributed by atoms with van der Waals surface area (Å²) in [6, 6.07) is 0. The number of carbonyl (C=O) groups excluding carboxylic acids is 2. The van der Waals surface area contributed by atoms with Crippen molar-refractivity contribution in [3.8, 4) is 0 Å². The van der Waals surface area contributed by atoms with E-state index in [0.29, 0.717) is 12.2 Å². The zero-order valence-corrected chi connectivity index (χ0v) is 11.3. The highest BCUT2D eigenvalue weighted by molar-refractivity contribution is 5.90. The van der Waals surface area contributed by atoms with Gasteiger partial charge in [0.2, 0.25) is 0 Å². The molecule has 0 unspecified atom stereocenters. The Hall–Kier alpha value is -0.860. The summed E-state index contributed by atoms with van der Waals surface area (Å²) in [6.07, 6.45) is 6.87. The molecule has 0 heterocycles. The van der Waals surface area contributed by atoms with Crippen LogP contribution in [0.25, 0.3) is 0 Å². The quantitative estimate of drug-likeness (QED) is 0.672. The molecule has 3 fully saturated rings. The fraction of sp³-hybridized carbons (Fsp3) is 0.867. The number of ether oxygens (including phenoxy) is 1. The van der Waals surface area contributed by atoms with Crippen molar-refractivity contribution >= 4 is 11.8 Å². The van der Waals surface area contributed by atoms with Gasteiger partial charge in [0.1, 0.15) is 5.78 Å². The summed E-state index contributed by atoms with van der Waals surface area (Å²) in [5, 5.41) is 0. The lowest BCUT2D eigenvalue weighted by atomic mass is 9.32. The van der Waals surface area contributed by atoms with Gasteiger partial charge in [0.15, 0.2) is 0 Å². The summed E-state index contributed by atoms with van der Waals surface area (Å²) in [5.74, 6) is 0.734. The monoisotopic (exact) mass is 250 g/mol. The molecule has 0 N–H and O–H groups in total. The summed E-state index contributed by atoms with van der Waals surface area (Å²) < 4.78 is 5.11. The number of rotatable bonds is 1. The first-order valence-corrected chi connectivity index (χ1v) is 7.19. The molecule has 3 rings (SSSR count). The van der Waals surface area contributed by atoms with E-state index in [0.717, 1.165) is 38.5 Å². The van der Waals surface area contributed by atoms with Crippen molar-refractivity contribution in [3.63, 3.8) is 0 Å². The lowest BCUT2D eigenvalue weighted by Gasteiger charge is -2.69. The number of fused-ring (bicyclic) bond motifs is 4.